The van der Waals surface area contributed by atoms with E-state index in [1.165, 1.54) is 11.8 Å². The van der Waals surface area contributed by atoms with Crippen LogP contribution in [-0.2, 0) is 9.59 Å². The van der Waals surface area contributed by atoms with Crippen LogP contribution in [0.25, 0.3) is 0 Å². The standard InChI is InChI=1S/C17H17ClN2O3/c1-10(21)11-3-2-4-13(7-11)19-9-20-16(22)14-6-5-12(18)8-15(14)17(20)23/h2-5,7,14-15,19H,6,8-9H2,1H3. The molecule has 0 radical (unpaired) electrons. The summed E-state index contributed by atoms with van der Waals surface area (Å²) in [6.45, 7) is 1.59. The van der Waals surface area contributed by atoms with E-state index in [1.807, 2.05) is 6.08 Å². The van der Waals surface area contributed by atoms with Crippen LogP contribution in [0.1, 0.15) is 30.1 Å². The van der Waals surface area contributed by atoms with E-state index in [1.54, 1.807) is 24.3 Å². The van der Waals surface area contributed by atoms with Gasteiger partial charge >= 0.3 is 0 Å². The maximum absolute atomic E-state index is 12.4. The van der Waals surface area contributed by atoms with Gasteiger partial charge in [0.25, 0.3) is 0 Å². The zero-order valence-corrected chi connectivity index (χ0v) is 13.5. The fraction of sp³-hybridized carbons (Fsp3) is 0.353. The Hall–Kier alpha value is -2.14. The van der Waals surface area contributed by atoms with E-state index in [-0.39, 0.29) is 36.1 Å². The number of nitrogens with one attached hydrogen (secondary N) is 1. The minimum atomic E-state index is -0.342. The van der Waals surface area contributed by atoms with Crippen molar-refractivity contribution >= 4 is 34.9 Å². The summed E-state index contributed by atoms with van der Waals surface area (Å²) in [5.41, 5.74) is 1.28. The zero-order valence-electron chi connectivity index (χ0n) is 12.7. The van der Waals surface area contributed by atoms with E-state index in [2.05, 4.69) is 5.32 Å². The molecule has 0 bridgehead atoms. The van der Waals surface area contributed by atoms with Crippen LogP contribution in [0.2, 0.25) is 0 Å². The predicted octanol–water partition coefficient (Wildman–Crippen LogP) is 2.78. The lowest BCUT2D eigenvalue weighted by Gasteiger charge is -2.17. The van der Waals surface area contributed by atoms with E-state index in [0.717, 1.165) is 0 Å². The molecule has 0 saturated carbocycles. The van der Waals surface area contributed by atoms with Crippen LogP contribution in [0.3, 0.4) is 0 Å². The molecule has 23 heavy (non-hydrogen) atoms. The zero-order chi connectivity index (χ0) is 16.6. The van der Waals surface area contributed by atoms with Gasteiger partial charge in [0.1, 0.15) is 0 Å². The van der Waals surface area contributed by atoms with Gasteiger partial charge < -0.3 is 5.32 Å². The predicted molar refractivity (Wildman–Crippen MR) is 86.9 cm³/mol. The SMILES string of the molecule is CC(=O)c1cccc(NCN2C(=O)C3CC=C(Cl)CC3C2=O)c1. The molecule has 0 aromatic heterocycles. The number of amides is 2. The van der Waals surface area contributed by atoms with Crippen molar-refractivity contribution in [1.29, 1.82) is 0 Å². The van der Waals surface area contributed by atoms with Crippen molar-refractivity contribution in [3.8, 4) is 0 Å². The van der Waals surface area contributed by atoms with Gasteiger partial charge in [0.05, 0.1) is 18.5 Å². The highest BCUT2D eigenvalue weighted by Gasteiger charge is 2.48. The molecule has 1 aliphatic carbocycles. The number of likely N-dealkylation sites (tertiary alicyclic amines) is 1. The lowest BCUT2D eigenvalue weighted by Crippen LogP contribution is -2.35. The highest BCUT2D eigenvalue weighted by atomic mass is 35.5. The van der Waals surface area contributed by atoms with Crippen LogP contribution in [0, 0.1) is 11.8 Å². The molecule has 1 aromatic carbocycles. The summed E-state index contributed by atoms with van der Waals surface area (Å²) >= 11 is 6.00. The summed E-state index contributed by atoms with van der Waals surface area (Å²) < 4.78 is 0. The Bertz CT molecular complexity index is 714. The average Bonchev–Trinajstić information content (AvgIpc) is 2.76. The molecule has 2 amide bonds. The molecule has 6 heteroatoms. The number of halogens is 1. The van der Waals surface area contributed by atoms with Gasteiger partial charge in [-0.25, -0.2) is 0 Å². The topological polar surface area (TPSA) is 66.5 Å². The Morgan fingerprint density at radius 3 is 2.78 bits per heavy atom. The van der Waals surface area contributed by atoms with Crippen LogP contribution >= 0.6 is 11.6 Å². The second kappa shape index (κ2) is 6.16. The molecular formula is C17H17ClN2O3. The summed E-state index contributed by atoms with van der Waals surface area (Å²) in [6.07, 6.45) is 2.78. The largest absolute Gasteiger partial charge is 0.367 e. The van der Waals surface area contributed by atoms with Crippen LogP contribution in [0.15, 0.2) is 35.4 Å². The minimum Gasteiger partial charge on any atom is -0.367 e. The summed E-state index contributed by atoms with van der Waals surface area (Å²) in [5, 5.41) is 3.70. The Morgan fingerprint density at radius 1 is 1.30 bits per heavy atom. The number of nitrogens with zero attached hydrogens (tertiary/aromatic N) is 1. The molecule has 1 aromatic rings. The van der Waals surface area contributed by atoms with Gasteiger partial charge in [0, 0.05) is 16.3 Å². The monoisotopic (exact) mass is 332 g/mol. The lowest BCUT2D eigenvalue weighted by molar-refractivity contribution is -0.139. The molecular weight excluding hydrogens is 316 g/mol. The third-order valence-electron chi connectivity index (χ3n) is 4.37. The van der Waals surface area contributed by atoms with E-state index < -0.39 is 0 Å². The van der Waals surface area contributed by atoms with Crippen molar-refractivity contribution in [3.05, 3.63) is 40.9 Å². The van der Waals surface area contributed by atoms with Gasteiger partial charge in [-0.05, 0) is 31.9 Å². The fourth-order valence-electron chi connectivity index (χ4n) is 3.07. The first-order chi connectivity index (χ1) is 11.0. The first-order valence-electron chi connectivity index (χ1n) is 7.52. The Morgan fingerprint density at radius 2 is 2.04 bits per heavy atom. The highest BCUT2D eigenvalue weighted by molar-refractivity contribution is 6.30. The number of carbonyl (C=O) groups excluding carboxylic acids is 3. The van der Waals surface area contributed by atoms with E-state index >= 15 is 0 Å². The number of ketones is 1. The normalized spacial score (nSPS) is 23.6. The Balaban J connectivity index is 1.69. The van der Waals surface area contributed by atoms with Crippen LogP contribution in [0.4, 0.5) is 5.69 Å². The van der Waals surface area contributed by atoms with Crippen molar-refractivity contribution in [1.82, 2.24) is 4.90 Å². The van der Waals surface area contributed by atoms with E-state index in [0.29, 0.717) is 29.1 Å². The minimum absolute atomic E-state index is 0.0336. The first kappa shape index (κ1) is 15.7. The number of benzene rings is 1. The van der Waals surface area contributed by atoms with Gasteiger partial charge in [0.2, 0.25) is 11.8 Å². The lowest BCUT2D eigenvalue weighted by atomic mass is 9.85. The number of allylic oxidation sites excluding steroid dienone is 2. The molecule has 1 aliphatic heterocycles. The molecule has 2 atom stereocenters. The van der Waals surface area contributed by atoms with E-state index in [9.17, 15) is 14.4 Å². The van der Waals surface area contributed by atoms with Gasteiger partial charge in [-0.3, -0.25) is 19.3 Å². The van der Waals surface area contributed by atoms with Crippen LogP contribution in [-0.4, -0.2) is 29.2 Å². The molecule has 5 nitrogen and oxygen atoms in total. The van der Waals surface area contributed by atoms with Crippen molar-refractivity contribution in [3.63, 3.8) is 0 Å². The number of Topliss-reactive ketones (excluding diaryl/α,β-unsaturated/α-hetero) is 1. The maximum atomic E-state index is 12.4. The van der Waals surface area contributed by atoms with Gasteiger partial charge in [-0.2, -0.15) is 0 Å². The second-order valence-electron chi connectivity index (χ2n) is 5.88. The quantitative estimate of drug-likeness (QED) is 0.680. The number of imide groups is 1. The smallest absolute Gasteiger partial charge is 0.234 e. The molecule has 0 spiro atoms. The molecule has 2 unspecified atom stereocenters. The van der Waals surface area contributed by atoms with Gasteiger partial charge in [-0.1, -0.05) is 29.8 Å². The average molecular weight is 333 g/mol. The number of hydrogen-bond acceptors (Lipinski definition) is 4. The number of hydrogen-bond donors (Lipinski definition) is 1. The van der Waals surface area contributed by atoms with Crippen molar-refractivity contribution in [2.45, 2.75) is 19.8 Å². The second-order valence-corrected chi connectivity index (χ2v) is 6.37. The third-order valence-corrected chi connectivity index (χ3v) is 4.68. The molecule has 2 aliphatic rings. The van der Waals surface area contributed by atoms with Crippen molar-refractivity contribution in [2.75, 3.05) is 12.0 Å². The molecule has 1 fully saturated rings. The highest BCUT2D eigenvalue weighted by Crippen LogP contribution is 2.38. The van der Waals surface area contributed by atoms with Crippen LogP contribution in [0.5, 0.6) is 0 Å². The summed E-state index contributed by atoms with van der Waals surface area (Å²) in [7, 11) is 0. The number of carbonyl (C=O) groups is 3. The molecule has 1 heterocycles. The number of fused-ring (bicyclic) bond motifs is 1. The molecule has 120 valence electrons. The summed E-state index contributed by atoms with van der Waals surface area (Å²) in [5.74, 6) is -1.01. The molecule has 1 saturated heterocycles. The fourth-order valence-corrected chi connectivity index (χ4v) is 3.33. The Kier molecular flexibility index (Phi) is 4.22. The van der Waals surface area contributed by atoms with Crippen molar-refractivity contribution in [2.24, 2.45) is 11.8 Å². The summed E-state index contributed by atoms with van der Waals surface area (Å²) in [4.78, 5) is 37.5. The molecule has 1 N–H and O–H groups in total. The van der Waals surface area contributed by atoms with Crippen LogP contribution < -0.4 is 5.32 Å². The first-order valence-corrected chi connectivity index (χ1v) is 7.90. The number of anilines is 1. The van der Waals surface area contributed by atoms with Gasteiger partial charge in [-0.15, -0.1) is 0 Å². The number of rotatable bonds is 4. The van der Waals surface area contributed by atoms with E-state index in [4.69, 9.17) is 11.6 Å². The maximum Gasteiger partial charge on any atom is 0.234 e. The van der Waals surface area contributed by atoms with Crippen molar-refractivity contribution < 1.29 is 14.4 Å². The third kappa shape index (κ3) is 3.01. The summed E-state index contributed by atoms with van der Waals surface area (Å²) in [6, 6.07) is 6.99. The van der Waals surface area contributed by atoms with Gasteiger partial charge in [0.15, 0.2) is 5.78 Å². The Labute approximate surface area is 139 Å². The molecule has 3 rings (SSSR count).